The second-order valence-electron chi connectivity index (χ2n) is 7.19. The smallest absolute Gasteiger partial charge is 0.0603 e. The summed E-state index contributed by atoms with van der Waals surface area (Å²) in [5.74, 6) is 1.73. The molecule has 3 atom stereocenters. The first-order valence-electron chi connectivity index (χ1n) is 7.24. The van der Waals surface area contributed by atoms with Gasteiger partial charge >= 0.3 is 0 Å². The fraction of sp³-hybridized carbons (Fsp3) is 1.00. The van der Waals surface area contributed by atoms with Gasteiger partial charge in [0.15, 0.2) is 0 Å². The maximum Gasteiger partial charge on any atom is 0.0757 e. The second-order valence-corrected chi connectivity index (χ2v) is 7.19. The molecule has 0 amide bonds. The molecule has 0 spiro atoms. The van der Waals surface area contributed by atoms with Crippen molar-refractivity contribution >= 4 is 7.85 Å². The Morgan fingerprint density at radius 1 is 0.938 bits per heavy atom. The van der Waals surface area contributed by atoms with Crippen LogP contribution in [0.4, 0.5) is 0 Å². The van der Waals surface area contributed by atoms with E-state index in [1.807, 2.05) is 0 Å². The molecule has 2 fully saturated rings. The summed E-state index contributed by atoms with van der Waals surface area (Å²) in [6, 6.07) is 0. The minimum Gasteiger partial charge on any atom is -0.0603 e. The van der Waals surface area contributed by atoms with Gasteiger partial charge in [-0.2, -0.15) is 0 Å². The van der Waals surface area contributed by atoms with Gasteiger partial charge in [0.05, 0.1) is 7.85 Å². The summed E-state index contributed by atoms with van der Waals surface area (Å²) in [7, 11) is 6.86. The summed E-state index contributed by atoms with van der Waals surface area (Å²) in [6.07, 6.45) is 11.2. The molecule has 2 radical (unpaired) electrons. The number of rotatable bonds is 0. The van der Waals surface area contributed by atoms with Crippen molar-refractivity contribution in [2.75, 3.05) is 0 Å². The molecule has 16 heavy (non-hydrogen) atoms. The van der Waals surface area contributed by atoms with Crippen molar-refractivity contribution in [1.29, 1.82) is 0 Å². The van der Waals surface area contributed by atoms with Gasteiger partial charge in [0.2, 0.25) is 0 Å². The van der Waals surface area contributed by atoms with Gasteiger partial charge in [-0.05, 0) is 17.3 Å². The van der Waals surface area contributed by atoms with Crippen LogP contribution < -0.4 is 0 Å². The Hall–Kier alpha value is 0.0649. The summed E-state index contributed by atoms with van der Waals surface area (Å²) >= 11 is 0. The van der Waals surface area contributed by atoms with Gasteiger partial charge in [-0.25, -0.2) is 0 Å². The number of hydrogen-bond donors (Lipinski definition) is 0. The van der Waals surface area contributed by atoms with Crippen molar-refractivity contribution in [3.8, 4) is 0 Å². The third-order valence-electron chi connectivity index (χ3n) is 5.38. The molecule has 90 valence electrons. The molecule has 0 aromatic heterocycles. The first kappa shape index (κ1) is 12.5. The van der Waals surface area contributed by atoms with E-state index in [9.17, 15) is 0 Å². The molecule has 2 saturated carbocycles. The van der Waals surface area contributed by atoms with Crippen LogP contribution >= 0.6 is 0 Å². The molecule has 2 aliphatic rings. The third kappa shape index (κ3) is 2.07. The minimum atomic E-state index is 0.0975. The highest BCUT2D eigenvalue weighted by Gasteiger charge is 2.47. The molecular weight excluding hydrogens is 191 g/mol. The lowest BCUT2D eigenvalue weighted by Gasteiger charge is -2.54. The van der Waals surface area contributed by atoms with E-state index in [-0.39, 0.29) is 10.7 Å². The van der Waals surface area contributed by atoms with Crippen LogP contribution in [0.3, 0.4) is 0 Å². The Kier molecular flexibility index (Phi) is 3.43. The Morgan fingerprint density at radius 3 is 2.25 bits per heavy atom. The van der Waals surface area contributed by atoms with Crippen LogP contribution in [0.15, 0.2) is 0 Å². The molecule has 0 aliphatic heterocycles. The lowest BCUT2D eigenvalue weighted by atomic mass is 9.42. The Balaban J connectivity index is 2.24. The van der Waals surface area contributed by atoms with Gasteiger partial charge in [0.1, 0.15) is 0 Å². The molecule has 0 saturated heterocycles. The summed E-state index contributed by atoms with van der Waals surface area (Å²) in [6.45, 7) is 7.04. The van der Waals surface area contributed by atoms with E-state index >= 15 is 0 Å². The standard InChI is InChI=1S/C15H27B/c1-14(2,3)15(16)11-7-9-12-8-5-4-6-10-13(12)15/h12-13H,4-11H2,1-3H3. The quantitative estimate of drug-likeness (QED) is 0.515. The molecule has 0 N–H and O–H groups in total. The van der Waals surface area contributed by atoms with E-state index in [1.54, 1.807) is 0 Å². The van der Waals surface area contributed by atoms with Gasteiger partial charge in [-0.1, -0.05) is 77.5 Å². The monoisotopic (exact) mass is 218 g/mol. The minimum absolute atomic E-state index is 0.0975. The van der Waals surface area contributed by atoms with Crippen LogP contribution in [0.1, 0.15) is 72.1 Å². The average Bonchev–Trinajstić information content (AvgIpc) is 2.42. The van der Waals surface area contributed by atoms with Crippen molar-refractivity contribution in [2.24, 2.45) is 17.3 Å². The van der Waals surface area contributed by atoms with Crippen molar-refractivity contribution < 1.29 is 0 Å². The summed E-state index contributed by atoms with van der Waals surface area (Å²) in [4.78, 5) is 0. The highest BCUT2D eigenvalue weighted by Crippen LogP contribution is 2.61. The number of hydrogen-bond acceptors (Lipinski definition) is 0. The molecule has 2 aliphatic carbocycles. The molecule has 0 bridgehead atoms. The van der Waals surface area contributed by atoms with E-state index in [1.165, 1.54) is 51.4 Å². The Bertz CT molecular complexity index is 240. The first-order chi connectivity index (χ1) is 7.45. The molecule has 0 aromatic carbocycles. The lowest BCUT2D eigenvalue weighted by Crippen LogP contribution is -2.42. The SMILES string of the molecule is [B]C1(C(C)(C)C)CCCC2CCCCCC21. The van der Waals surface area contributed by atoms with Crippen LogP contribution in [-0.4, -0.2) is 7.85 Å². The predicted octanol–water partition coefficient (Wildman–Crippen LogP) is 4.74. The molecule has 3 unspecified atom stereocenters. The van der Waals surface area contributed by atoms with E-state index < -0.39 is 0 Å². The fourth-order valence-corrected chi connectivity index (χ4v) is 4.18. The largest absolute Gasteiger partial charge is 0.0757 e. The molecule has 0 aromatic rings. The normalized spacial score (nSPS) is 41.2. The summed E-state index contributed by atoms with van der Waals surface area (Å²) in [5, 5.41) is 0.0975. The topological polar surface area (TPSA) is 0 Å². The van der Waals surface area contributed by atoms with Crippen LogP contribution in [0, 0.1) is 17.3 Å². The molecule has 0 heterocycles. The molecule has 1 heteroatoms. The van der Waals surface area contributed by atoms with Crippen molar-refractivity contribution in [1.82, 2.24) is 0 Å². The van der Waals surface area contributed by atoms with Crippen LogP contribution in [0.5, 0.6) is 0 Å². The lowest BCUT2D eigenvalue weighted by molar-refractivity contribution is 0.0732. The summed E-state index contributed by atoms with van der Waals surface area (Å²) in [5.41, 5.74) is 0.265. The van der Waals surface area contributed by atoms with Crippen molar-refractivity contribution in [3.63, 3.8) is 0 Å². The van der Waals surface area contributed by atoms with Crippen molar-refractivity contribution in [2.45, 2.75) is 77.5 Å². The zero-order valence-corrected chi connectivity index (χ0v) is 11.4. The van der Waals surface area contributed by atoms with Gasteiger partial charge in [0.25, 0.3) is 0 Å². The zero-order chi connectivity index (χ0) is 11.8. The summed E-state index contributed by atoms with van der Waals surface area (Å²) < 4.78 is 0. The average molecular weight is 218 g/mol. The van der Waals surface area contributed by atoms with E-state index in [0.717, 1.165) is 11.8 Å². The van der Waals surface area contributed by atoms with Gasteiger partial charge < -0.3 is 0 Å². The highest BCUT2D eigenvalue weighted by atomic mass is 14.5. The maximum absolute atomic E-state index is 6.86. The van der Waals surface area contributed by atoms with E-state index in [4.69, 9.17) is 7.85 Å². The molecule has 2 rings (SSSR count). The maximum atomic E-state index is 6.86. The zero-order valence-electron chi connectivity index (χ0n) is 11.4. The predicted molar refractivity (Wildman–Crippen MR) is 71.8 cm³/mol. The molecular formula is C15H27B. The van der Waals surface area contributed by atoms with Crippen LogP contribution in [0.25, 0.3) is 0 Å². The Labute approximate surface area is 103 Å². The van der Waals surface area contributed by atoms with Crippen molar-refractivity contribution in [3.05, 3.63) is 0 Å². The Morgan fingerprint density at radius 2 is 1.56 bits per heavy atom. The van der Waals surface area contributed by atoms with Gasteiger partial charge in [-0.15, -0.1) is 0 Å². The molecule has 0 nitrogen and oxygen atoms in total. The van der Waals surface area contributed by atoms with Gasteiger partial charge in [-0.3, -0.25) is 0 Å². The van der Waals surface area contributed by atoms with E-state index in [0.29, 0.717) is 0 Å². The first-order valence-corrected chi connectivity index (χ1v) is 7.24. The number of fused-ring (bicyclic) bond motifs is 1. The fourth-order valence-electron chi connectivity index (χ4n) is 4.18. The third-order valence-corrected chi connectivity index (χ3v) is 5.38. The van der Waals surface area contributed by atoms with E-state index in [2.05, 4.69) is 20.8 Å². The van der Waals surface area contributed by atoms with Gasteiger partial charge in [0, 0.05) is 0 Å². The van der Waals surface area contributed by atoms with Crippen LogP contribution in [-0.2, 0) is 0 Å². The second kappa shape index (κ2) is 4.39. The highest BCUT2D eigenvalue weighted by molar-refractivity contribution is 6.16. The van der Waals surface area contributed by atoms with Crippen LogP contribution in [0.2, 0.25) is 5.31 Å².